The Hall–Kier alpha value is -0.570. The molecule has 3 nitrogen and oxygen atoms in total. The van der Waals surface area contributed by atoms with Crippen molar-refractivity contribution in [1.82, 2.24) is 9.80 Å². The van der Waals surface area contributed by atoms with Crippen molar-refractivity contribution in [3.63, 3.8) is 0 Å². The number of hydrogen-bond donors (Lipinski definition) is 0. The highest BCUT2D eigenvalue weighted by Gasteiger charge is 2.22. The van der Waals surface area contributed by atoms with Crippen LogP contribution >= 0.6 is 0 Å². The zero-order chi connectivity index (χ0) is 14.4. The van der Waals surface area contributed by atoms with Gasteiger partial charge < -0.3 is 4.90 Å². The Balaban J connectivity index is 2.46. The number of carbonyl (C=O) groups excluding carboxylic acids is 1. The molecule has 1 aliphatic heterocycles. The molecular formula is C16H32N2O. The SMILES string of the molecule is CC(C)CN(CC(C)C)C(=O)CN1CCC(C)CC1. The van der Waals surface area contributed by atoms with Crippen molar-refractivity contribution in [2.45, 2.75) is 47.5 Å². The van der Waals surface area contributed by atoms with E-state index in [4.69, 9.17) is 0 Å². The summed E-state index contributed by atoms with van der Waals surface area (Å²) in [6, 6.07) is 0. The molecule has 0 atom stereocenters. The molecule has 1 amide bonds. The van der Waals surface area contributed by atoms with Gasteiger partial charge in [-0.05, 0) is 43.7 Å². The number of likely N-dealkylation sites (tertiary alicyclic amines) is 1. The molecule has 1 rings (SSSR count). The Labute approximate surface area is 119 Å². The molecule has 0 bridgehead atoms. The van der Waals surface area contributed by atoms with E-state index in [2.05, 4.69) is 44.4 Å². The van der Waals surface area contributed by atoms with Gasteiger partial charge in [-0.2, -0.15) is 0 Å². The third-order valence-corrected chi connectivity index (χ3v) is 3.76. The van der Waals surface area contributed by atoms with Crippen LogP contribution in [0.4, 0.5) is 0 Å². The van der Waals surface area contributed by atoms with Crippen LogP contribution in [0.1, 0.15) is 47.5 Å². The summed E-state index contributed by atoms with van der Waals surface area (Å²) in [4.78, 5) is 16.8. The first-order chi connectivity index (χ1) is 8.88. The van der Waals surface area contributed by atoms with Crippen LogP contribution in [0.2, 0.25) is 0 Å². The summed E-state index contributed by atoms with van der Waals surface area (Å²) in [5.41, 5.74) is 0. The van der Waals surface area contributed by atoms with Crippen LogP contribution in [-0.4, -0.2) is 48.4 Å². The lowest BCUT2D eigenvalue weighted by atomic mass is 9.99. The number of hydrogen-bond acceptors (Lipinski definition) is 2. The zero-order valence-electron chi connectivity index (χ0n) is 13.5. The van der Waals surface area contributed by atoms with Crippen LogP contribution in [0.25, 0.3) is 0 Å². The van der Waals surface area contributed by atoms with Crippen LogP contribution in [0, 0.1) is 17.8 Å². The minimum Gasteiger partial charge on any atom is -0.341 e. The van der Waals surface area contributed by atoms with Gasteiger partial charge >= 0.3 is 0 Å². The molecule has 0 aromatic carbocycles. The maximum absolute atomic E-state index is 12.4. The van der Waals surface area contributed by atoms with Crippen molar-refractivity contribution >= 4 is 5.91 Å². The van der Waals surface area contributed by atoms with E-state index in [1.807, 2.05) is 0 Å². The molecule has 112 valence electrons. The standard InChI is InChI=1S/C16H32N2O/c1-13(2)10-18(11-14(3)4)16(19)12-17-8-6-15(5)7-9-17/h13-15H,6-12H2,1-5H3. The second kappa shape index (κ2) is 7.88. The highest BCUT2D eigenvalue weighted by Crippen LogP contribution is 2.16. The number of rotatable bonds is 6. The lowest BCUT2D eigenvalue weighted by Gasteiger charge is -2.33. The lowest BCUT2D eigenvalue weighted by molar-refractivity contribution is -0.133. The Morgan fingerprint density at radius 2 is 1.58 bits per heavy atom. The molecule has 0 aliphatic carbocycles. The summed E-state index contributed by atoms with van der Waals surface area (Å²) in [7, 11) is 0. The van der Waals surface area contributed by atoms with Gasteiger partial charge in [0, 0.05) is 13.1 Å². The van der Waals surface area contributed by atoms with Gasteiger partial charge in [0.25, 0.3) is 0 Å². The zero-order valence-corrected chi connectivity index (χ0v) is 13.5. The van der Waals surface area contributed by atoms with E-state index >= 15 is 0 Å². The molecular weight excluding hydrogens is 236 g/mol. The third-order valence-electron chi connectivity index (χ3n) is 3.76. The Kier molecular flexibility index (Phi) is 6.84. The molecule has 1 fully saturated rings. The van der Waals surface area contributed by atoms with Gasteiger partial charge in [0.15, 0.2) is 0 Å². The largest absolute Gasteiger partial charge is 0.341 e. The highest BCUT2D eigenvalue weighted by molar-refractivity contribution is 5.78. The van der Waals surface area contributed by atoms with Crippen LogP contribution in [0.15, 0.2) is 0 Å². The second-order valence-corrected chi connectivity index (χ2v) is 7.05. The molecule has 0 radical (unpaired) electrons. The normalized spacial score (nSPS) is 18.3. The number of amides is 1. The van der Waals surface area contributed by atoms with E-state index < -0.39 is 0 Å². The molecule has 0 aromatic rings. The average Bonchev–Trinajstić information content (AvgIpc) is 2.30. The van der Waals surface area contributed by atoms with Crippen molar-refractivity contribution in [2.24, 2.45) is 17.8 Å². The molecule has 0 spiro atoms. The number of carbonyl (C=O) groups is 1. The summed E-state index contributed by atoms with van der Waals surface area (Å²) in [5.74, 6) is 2.24. The van der Waals surface area contributed by atoms with Crippen molar-refractivity contribution in [3.05, 3.63) is 0 Å². The van der Waals surface area contributed by atoms with E-state index in [0.29, 0.717) is 24.3 Å². The fourth-order valence-corrected chi connectivity index (χ4v) is 2.67. The highest BCUT2D eigenvalue weighted by atomic mass is 16.2. The monoisotopic (exact) mass is 268 g/mol. The predicted molar refractivity (Wildman–Crippen MR) is 81.1 cm³/mol. The molecule has 3 heteroatoms. The van der Waals surface area contributed by atoms with Gasteiger partial charge in [-0.1, -0.05) is 34.6 Å². The fraction of sp³-hybridized carbons (Fsp3) is 0.938. The Bertz CT molecular complexity index is 258. The molecule has 1 saturated heterocycles. The smallest absolute Gasteiger partial charge is 0.236 e. The molecule has 1 aliphatic rings. The van der Waals surface area contributed by atoms with Crippen molar-refractivity contribution < 1.29 is 4.79 Å². The summed E-state index contributed by atoms with van der Waals surface area (Å²) in [6.07, 6.45) is 2.48. The minimum atomic E-state index is 0.317. The molecule has 1 heterocycles. The van der Waals surface area contributed by atoms with Crippen LogP contribution in [0.5, 0.6) is 0 Å². The second-order valence-electron chi connectivity index (χ2n) is 7.05. The maximum Gasteiger partial charge on any atom is 0.236 e. The Morgan fingerprint density at radius 1 is 1.11 bits per heavy atom. The molecule has 19 heavy (non-hydrogen) atoms. The third kappa shape index (κ3) is 6.42. The van der Waals surface area contributed by atoms with E-state index in [1.165, 1.54) is 12.8 Å². The summed E-state index contributed by atoms with van der Waals surface area (Å²) < 4.78 is 0. The number of piperidine rings is 1. The molecule has 0 N–H and O–H groups in total. The van der Waals surface area contributed by atoms with Crippen molar-refractivity contribution in [3.8, 4) is 0 Å². The van der Waals surface area contributed by atoms with Crippen molar-refractivity contribution in [1.29, 1.82) is 0 Å². The van der Waals surface area contributed by atoms with Gasteiger partial charge in [0.1, 0.15) is 0 Å². The predicted octanol–water partition coefficient (Wildman–Crippen LogP) is 2.86. The summed E-state index contributed by atoms with van der Waals surface area (Å²) in [6.45, 7) is 15.6. The van der Waals surface area contributed by atoms with Crippen LogP contribution in [0.3, 0.4) is 0 Å². The average molecular weight is 268 g/mol. The first-order valence-electron chi connectivity index (χ1n) is 7.88. The van der Waals surface area contributed by atoms with Gasteiger partial charge in [-0.25, -0.2) is 0 Å². The number of nitrogens with zero attached hydrogens (tertiary/aromatic N) is 2. The van der Waals surface area contributed by atoms with Gasteiger partial charge in [0.2, 0.25) is 5.91 Å². The molecule has 0 aromatic heterocycles. The van der Waals surface area contributed by atoms with E-state index in [0.717, 1.165) is 32.1 Å². The maximum atomic E-state index is 12.4. The van der Waals surface area contributed by atoms with Crippen molar-refractivity contribution in [2.75, 3.05) is 32.7 Å². The molecule has 0 unspecified atom stereocenters. The first kappa shape index (κ1) is 16.5. The summed E-state index contributed by atoms with van der Waals surface area (Å²) in [5, 5.41) is 0. The van der Waals surface area contributed by atoms with Gasteiger partial charge in [0.05, 0.1) is 6.54 Å². The van der Waals surface area contributed by atoms with Gasteiger partial charge in [-0.3, -0.25) is 9.69 Å². The van der Waals surface area contributed by atoms with E-state index in [-0.39, 0.29) is 0 Å². The van der Waals surface area contributed by atoms with Crippen LogP contribution in [-0.2, 0) is 4.79 Å². The van der Waals surface area contributed by atoms with E-state index in [1.54, 1.807) is 0 Å². The van der Waals surface area contributed by atoms with Gasteiger partial charge in [-0.15, -0.1) is 0 Å². The minimum absolute atomic E-state index is 0.317. The first-order valence-corrected chi connectivity index (χ1v) is 7.88. The topological polar surface area (TPSA) is 23.6 Å². The fourth-order valence-electron chi connectivity index (χ4n) is 2.67. The lowest BCUT2D eigenvalue weighted by Crippen LogP contribution is -2.45. The Morgan fingerprint density at radius 3 is 2.00 bits per heavy atom. The van der Waals surface area contributed by atoms with E-state index in [9.17, 15) is 4.79 Å². The quantitative estimate of drug-likeness (QED) is 0.739. The summed E-state index contributed by atoms with van der Waals surface area (Å²) >= 11 is 0. The van der Waals surface area contributed by atoms with Crippen LogP contribution < -0.4 is 0 Å². The molecule has 0 saturated carbocycles.